The van der Waals surface area contributed by atoms with Gasteiger partial charge >= 0.3 is 5.97 Å². The van der Waals surface area contributed by atoms with Crippen LogP contribution in [0.5, 0.6) is 0 Å². The summed E-state index contributed by atoms with van der Waals surface area (Å²) in [7, 11) is 0. The quantitative estimate of drug-likeness (QED) is 0.215. The summed E-state index contributed by atoms with van der Waals surface area (Å²) in [6.07, 6.45) is 6.53. The molecule has 0 spiro atoms. The number of esters is 1. The Morgan fingerprint density at radius 2 is 1.08 bits per heavy atom. The zero-order valence-electron chi connectivity index (χ0n) is 11.9. The maximum absolute atomic E-state index is 10.9. The third-order valence-corrected chi connectivity index (χ3v) is 3.47. The monoisotopic (exact) mass is 535 g/mol. The molecule has 0 amide bonds. The first-order valence-corrected chi connectivity index (χ1v) is 7.07. The second-order valence-corrected chi connectivity index (χ2v) is 5.12. The lowest BCUT2D eigenvalue weighted by molar-refractivity contribution is -0.164. The van der Waals surface area contributed by atoms with Crippen molar-refractivity contribution in [1.29, 1.82) is 0 Å². The van der Waals surface area contributed by atoms with Crippen molar-refractivity contribution in [3.8, 4) is 0 Å². The topological polar surface area (TPSA) is 83.5 Å². The van der Waals surface area contributed by atoms with E-state index in [1.54, 1.807) is 12.2 Å². The van der Waals surface area contributed by atoms with Crippen LogP contribution in [0.1, 0.15) is 104 Å². The first kappa shape index (κ1) is 76.5. The number of fused-ring (bicyclic) bond motifs is 4. The van der Waals surface area contributed by atoms with E-state index in [0.717, 1.165) is 6.08 Å². The van der Waals surface area contributed by atoms with E-state index in [4.69, 9.17) is 28.8 Å². The normalized spacial score (nSPS) is 24.9. The molecule has 2 saturated heterocycles. The molecule has 36 heavy (non-hydrogen) atoms. The molecule has 0 saturated carbocycles. The Balaban J connectivity index is -0.0000000235. The lowest BCUT2D eigenvalue weighted by Crippen LogP contribution is -2.32. The lowest BCUT2D eigenvalue weighted by Gasteiger charge is -2.21. The number of aliphatic hydroxyl groups is 1. The van der Waals surface area contributed by atoms with Crippen molar-refractivity contribution in [2.75, 3.05) is 13.2 Å². The van der Waals surface area contributed by atoms with Crippen LogP contribution in [0.3, 0.4) is 0 Å². The van der Waals surface area contributed by atoms with Crippen LogP contribution in [-0.4, -0.2) is 61.3 Å². The molecule has 0 unspecified atom stereocenters. The van der Waals surface area contributed by atoms with Crippen molar-refractivity contribution in [2.45, 2.75) is 141 Å². The summed E-state index contributed by atoms with van der Waals surface area (Å²) in [4.78, 5) is 10.9. The minimum absolute atomic E-state index is 0. The van der Waals surface area contributed by atoms with Gasteiger partial charge in [-0.05, 0) is 6.08 Å². The minimum Gasteiger partial charge on any atom is -0.450 e. The van der Waals surface area contributed by atoms with E-state index in [1.807, 2.05) is 12.2 Å². The van der Waals surface area contributed by atoms with Crippen molar-refractivity contribution in [2.24, 2.45) is 0 Å². The molecule has 7 heteroatoms. The molecule has 4 heterocycles. The SMILES string of the molecule is C.C.C.C.C.C.C.C.C.C.C.C.C.C.C=CC(=O)O[C@H]1C=C[C@H]2CO[C@@H]1O2.O[C@H]1C=C[C@H]2CO[C@@H]1O2. The van der Waals surface area contributed by atoms with Crippen LogP contribution in [0, 0.1) is 0 Å². The summed E-state index contributed by atoms with van der Waals surface area (Å²) in [5.41, 5.74) is 0. The van der Waals surface area contributed by atoms with E-state index in [9.17, 15) is 4.79 Å². The van der Waals surface area contributed by atoms with Crippen molar-refractivity contribution >= 4 is 5.97 Å². The molecule has 0 aromatic rings. The molecular formula is C29H74O7. The molecule has 7 nitrogen and oxygen atoms in total. The summed E-state index contributed by atoms with van der Waals surface area (Å²) in [5.74, 6) is -0.466. The van der Waals surface area contributed by atoms with Crippen LogP contribution in [0.15, 0.2) is 37.0 Å². The number of ether oxygens (including phenoxy) is 5. The fraction of sp³-hybridized carbons (Fsp3) is 0.759. The van der Waals surface area contributed by atoms with Crippen molar-refractivity contribution in [1.82, 2.24) is 0 Å². The smallest absolute Gasteiger partial charge is 0.330 e. The zero-order valence-corrected chi connectivity index (χ0v) is 11.9. The van der Waals surface area contributed by atoms with Gasteiger partial charge in [0, 0.05) is 6.08 Å². The van der Waals surface area contributed by atoms with Gasteiger partial charge in [-0.25, -0.2) is 4.79 Å². The molecule has 2 fully saturated rings. The maximum atomic E-state index is 10.9. The molecule has 6 atom stereocenters. The van der Waals surface area contributed by atoms with Crippen LogP contribution in [0.25, 0.3) is 0 Å². The van der Waals surface area contributed by atoms with Gasteiger partial charge in [-0.2, -0.15) is 0 Å². The summed E-state index contributed by atoms with van der Waals surface area (Å²) in [6, 6.07) is 0. The van der Waals surface area contributed by atoms with Gasteiger partial charge in [-0.15, -0.1) is 0 Å². The van der Waals surface area contributed by atoms with E-state index < -0.39 is 30.8 Å². The Labute approximate surface area is 230 Å². The molecule has 0 aromatic heterocycles. The van der Waals surface area contributed by atoms with Crippen LogP contribution in [0.4, 0.5) is 0 Å². The van der Waals surface area contributed by atoms with Gasteiger partial charge in [-0.1, -0.05) is 129 Å². The first-order chi connectivity index (χ1) is 10.7. The zero-order chi connectivity index (χ0) is 15.5. The molecule has 0 aromatic carbocycles. The largest absolute Gasteiger partial charge is 0.450 e. The fourth-order valence-electron chi connectivity index (χ4n) is 2.36. The predicted octanol–water partition coefficient (Wildman–Crippen LogP) is 8.96. The van der Waals surface area contributed by atoms with Crippen molar-refractivity contribution in [3.63, 3.8) is 0 Å². The minimum atomic E-state index is -0.566. The average molecular weight is 535 g/mol. The lowest BCUT2D eigenvalue weighted by atomic mass is 10.2. The van der Waals surface area contributed by atoms with E-state index in [-0.39, 0.29) is 116 Å². The molecule has 1 N–H and O–H groups in total. The van der Waals surface area contributed by atoms with E-state index in [2.05, 4.69) is 6.58 Å². The molecule has 4 aliphatic rings. The maximum Gasteiger partial charge on any atom is 0.330 e. The Morgan fingerprint density at radius 1 is 0.694 bits per heavy atom. The molecule has 4 bridgehead atoms. The number of aliphatic hydroxyl groups excluding tert-OH is 1. The van der Waals surface area contributed by atoms with E-state index in [0.29, 0.717) is 13.2 Å². The number of carbonyl (C=O) groups excluding carboxylic acids is 1. The van der Waals surface area contributed by atoms with Crippen LogP contribution >= 0.6 is 0 Å². The Morgan fingerprint density at radius 3 is 1.50 bits per heavy atom. The third kappa shape index (κ3) is 19.7. The molecule has 232 valence electrons. The van der Waals surface area contributed by atoms with Gasteiger partial charge in [0.1, 0.15) is 18.3 Å². The highest BCUT2D eigenvalue weighted by Crippen LogP contribution is 2.23. The standard InChI is InChI=1S/C9H10O4.C6H8O3.14CH4/c1-2-8(10)13-7-4-3-6-5-11-9(7)12-6;7-5-2-1-4-3-8-6(5)9-4;;;;;;;;;;;;;;/h2-4,6-7,9H,1,5H2;1-2,4-7H,3H2;14*1H4/t6-,7-,9+;4-,5-,6+;;;;;;;;;;;;;;/m00............../s1. The van der Waals surface area contributed by atoms with Gasteiger partial charge in [0.25, 0.3) is 0 Å². The molecule has 4 rings (SSSR count). The van der Waals surface area contributed by atoms with Gasteiger partial charge in [-0.3, -0.25) is 0 Å². The Hall–Kier alpha value is -1.51. The predicted molar refractivity (Wildman–Crippen MR) is 168 cm³/mol. The fourth-order valence-corrected chi connectivity index (χ4v) is 2.36. The van der Waals surface area contributed by atoms with Gasteiger partial charge in [0.15, 0.2) is 18.7 Å². The summed E-state index contributed by atoms with van der Waals surface area (Å²) in [6.45, 7) is 4.42. The number of hydrogen-bond donors (Lipinski definition) is 1. The van der Waals surface area contributed by atoms with Gasteiger partial charge in [0.05, 0.1) is 13.2 Å². The average Bonchev–Trinajstić information content (AvgIpc) is 3.12. The third-order valence-electron chi connectivity index (χ3n) is 3.47. The highest BCUT2D eigenvalue weighted by molar-refractivity contribution is 5.81. The van der Waals surface area contributed by atoms with Crippen LogP contribution in [0.2, 0.25) is 0 Å². The summed E-state index contributed by atoms with van der Waals surface area (Å²) in [5, 5.41) is 9.06. The molecule has 0 aliphatic carbocycles. The van der Waals surface area contributed by atoms with E-state index in [1.165, 1.54) is 0 Å². The first-order valence-electron chi connectivity index (χ1n) is 7.07. The summed E-state index contributed by atoms with van der Waals surface area (Å²) >= 11 is 0. The van der Waals surface area contributed by atoms with Crippen molar-refractivity contribution < 1.29 is 33.6 Å². The van der Waals surface area contributed by atoms with Crippen LogP contribution in [-0.2, 0) is 28.5 Å². The van der Waals surface area contributed by atoms with Crippen LogP contribution < -0.4 is 0 Å². The van der Waals surface area contributed by atoms with Crippen molar-refractivity contribution in [3.05, 3.63) is 37.0 Å². The number of rotatable bonds is 2. The summed E-state index contributed by atoms with van der Waals surface area (Å²) < 4.78 is 25.8. The molecule has 0 radical (unpaired) electrons. The number of carbonyl (C=O) groups is 1. The second-order valence-electron chi connectivity index (χ2n) is 5.12. The Kier molecular flexibility index (Phi) is 75.7. The molecule has 4 aliphatic heterocycles. The van der Waals surface area contributed by atoms with Gasteiger partial charge in [0.2, 0.25) is 0 Å². The Bertz CT molecular complexity index is 492. The second kappa shape index (κ2) is 35.7. The molecular weight excluding hydrogens is 460 g/mol. The van der Waals surface area contributed by atoms with Gasteiger partial charge < -0.3 is 28.8 Å². The van der Waals surface area contributed by atoms with E-state index >= 15 is 0 Å². The highest BCUT2D eigenvalue weighted by Gasteiger charge is 2.36. The highest BCUT2D eigenvalue weighted by atomic mass is 16.7. The number of hydrogen-bond acceptors (Lipinski definition) is 7.